The summed E-state index contributed by atoms with van der Waals surface area (Å²) in [6.07, 6.45) is 5.80. The first kappa shape index (κ1) is 20.1. The number of aryl methyl sites for hydroxylation is 2. The van der Waals surface area contributed by atoms with E-state index in [1.165, 1.54) is 11.1 Å². The summed E-state index contributed by atoms with van der Waals surface area (Å²) in [6, 6.07) is 12.1. The van der Waals surface area contributed by atoms with Gasteiger partial charge in [0.1, 0.15) is 0 Å². The number of nitrogens with zero attached hydrogens (tertiary/aromatic N) is 2. The van der Waals surface area contributed by atoms with Crippen molar-refractivity contribution in [2.45, 2.75) is 65.5 Å². The normalized spacial score (nSPS) is 19.1. The highest BCUT2D eigenvalue weighted by atomic mass is 16.1. The van der Waals surface area contributed by atoms with Crippen LogP contribution in [0.3, 0.4) is 0 Å². The lowest BCUT2D eigenvalue weighted by molar-refractivity contribution is -0.110. The van der Waals surface area contributed by atoms with Crippen molar-refractivity contribution in [1.82, 2.24) is 0 Å². The quantitative estimate of drug-likeness (QED) is 0.674. The van der Waals surface area contributed by atoms with Crippen molar-refractivity contribution in [2.75, 3.05) is 9.80 Å². The van der Waals surface area contributed by atoms with Crippen molar-refractivity contribution in [3.8, 4) is 0 Å². The molecule has 0 bridgehead atoms. The van der Waals surface area contributed by atoms with Crippen molar-refractivity contribution in [3.05, 3.63) is 58.7 Å². The summed E-state index contributed by atoms with van der Waals surface area (Å²) in [5, 5.41) is 0. The topological polar surface area (TPSA) is 40.6 Å². The van der Waals surface area contributed by atoms with Crippen LogP contribution in [0.25, 0.3) is 0 Å². The van der Waals surface area contributed by atoms with E-state index in [0.29, 0.717) is 0 Å². The summed E-state index contributed by atoms with van der Waals surface area (Å²) in [7, 11) is 0. The Morgan fingerprint density at radius 1 is 0.714 bits per heavy atom. The SMILES string of the molecule is Cc1cccc(N(C=O)[C@@H]2CCCC[C@H]2N(C=O)c2cccc(C)c2C)c1C. The molecule has 1 fully saturated rings. The zero-order valence-electron chi connectivity index (χ0n) is 17.3. The third-order valence-corrected chi connectivity index (χ3v) is 6.34. The first-order valence-corrected chi connectivity index (χ1v) is 10.1. The molecule has 2 aromatic carbocycles. The molecular weight excluding hydrogens is 348 g/mol. The number of hydrogen-bond acceptors (Lipinski definition) is 2. The summed E-state index contributed by atoms with van der Waals surface area (Å²) < 4.78 is 0. The Bertz CT molecular complexity index is 790. The van der Waals surface area contributed by atoms with Crippen LogP contribution in [0.1, 0.15) is 47.9 Å². The Balaban J connectivity index is 2.03. The molecule has 3 rings (SSSR count). The van der Waals surface area contributed by atoms with E-state index in [9.17, 15) is 9.59 Å². The predicted molar refractivity (Wildman–Crippen MR) is 115 cm³/mol. The fourth-order valence-electron chi connectivity index (χ4n) is 4.40. The molecule has 1 saturated carbocycles. The van der Waals surface area contributed by atoms with Crippen LogP contribution in [0, 0.1) is 27.7 Å². The van der Waals surface area contributed by atoms with E-state index < -0.39 is 0 Å². The summed E-state index contributed by atoms with van der Waals surface area (Å²) in [4.78, 5) is 28.1. The molecule has 4 heteroatoms. The number of hydrogen-bond donors (Lipinski definition) is 0. The van der Waals surface area contributed by atoms with Gasteiger partial charge in [-0.2, -0.15) is 0 Å². The Morgan fingerprint density at radius 3 is 1.46 bits per heavy atom. The molecule has 0 N–H and O–H groups in total. The van der Waals surface area contributed by atoms with Gasteiger partial charge in [-0.25, -0.2) is 0 Å². The fourth-order valence-corrected chi connectivity index (χ4v) is 4.40. The lowest BCUT2D eigenvalue weighted by atomic mass is 9.87. The molecule has 2 atom stereocenters. The maximum Gasteiger partial charge on any atom is 0.214 e. The summed E-state index contributed by atoms with van der Waals surface area (Å²) in [5.74, 6) is 0. The maximum absolute atomic E-state index is 12.2. The standard InChI is InChI=1S/C24H30N2O2/c1-17-9-7-13-21(19(17)3)25(15-27)23-11-5-6-12-24(23)26(16-28)22-14-8-10-18(2)20(22)4/h7-10,13-16,23-24H,5-6,11-12H2,1-4H3/t23-,24-/m1/s1. The molecule has 2 aromatic rings. The fraction of sp³-hybridized carbons (Fsp3) is 0.417. The molecule has 1 aliphatic carbocycles. The van der Waals surface area contributed by atoms with Crippen molar-refractivity contribution in [3.63, 3.8) is 0 Å². The maximum atomic E-state index is 12.2. The van der Waals surface area contributed by atoms with Crippen LogP contribution in [0.5, 0.6) is 0 Å². The number of carbonyl (C=O) groups is 2. The zero-order valence-corrected chi connectivity index (χ0v) is 17.3. The van der Waals surface area contributed by atoms with Gasteiger partial charge in [0, 0.05) is 11.4 Å². The minimum atomic E-state index is -0.0307. The molecule has 0 radical (unpaired) electrons. The lowest BCUT2D eigenvalue weighted by Gasteiger charge is -2.43. The number of amides is 2. The first-order chi connectivity index (χ1) is 13.5. The predicted octanol–water partition coefficient (Wildman–Crippen LogP) is 4.86. The molecule has 0 unspecified atom stereocenters. The van der Waals surface area contributed by atoms with Gasteiger partial charge in [-0.1, -0.05) is 37.1 Å². The highest BCUT2D eigenvalue weighted by molar-refractivity contribution is 5.82. The van der Waals surface area contributed by atoms with E-state index in [4.69, 9.17) is 0 Å². The number of carbonyl (C=O) groups excluding carboxylic acids is 2. The van der Waals surface area contributed by atoms with E-state index in [-0.39, 0.29) is 12.1 Å². The highest BCUT2D eigenvalue weighted by Crippen LogP contribution is 2.35. The summed E-state index contributed by atoms with van der Waals surface area (Å²) in [6.45, 7) is 8.24. The molecule has 4 nitrogen and oxygen atoms in total. The van der Waals surface area contributed by atoms with Gasteiger partial charge in [0.2, 0.25) is 12.8 Å². The molecule has 148 valence electrons. The van der Waals surface area contributed by atoms with Crippen LogP contribution >= 0.6 is 0 Å². The molecule has 0 aliphatic heterocycles. The Hall–Kier alpha value is -2.62. The Kier molecular flexibility index (Phi) is 6.18. The van der Waals surface area contributed by atoms with Crippen LogP contribution in [0.15, 0.2) is 36.4 Å². The number of anilines is 2. The molecule has 0 aromatic heterocycles. The number of benzene rings is 2. The van der Waals surface area contributed by atoms with Gasteiger partial charge in [-0.05, 0) is 74.9 Å². The van der Waals surface area contributed by atoms with Crippen molar-refractivity contribution < 1.29 is 9.59 Å². The Morgan fingerprint density at radius 2 is 1.11 bits per heavy atom. The van der Waals surface area contributed by atoms with Crippen LogP contribution < -0.4 is 9.80 Å². The average Bonchev–Trinajstić information content (AvgIpc) is 2.70. The minimum absolute atomic E-state index is 0.0307. The van der Waals surface area contributed by atoms with Gasteiger partial charge in [-0.15, -0.1) is 0 Å². The molecule has 0 saturated heterocycles. The van der Waals surface area contributed by atoms with E-state index in [2.05, 4.69) is 39.8 Å². The second kappa shape index (κ2) is 8.59. The van der Waals surface area contributed by atoms with Crippen LogP contribution in [0.4, 0.5) is 11.4 Å². The van der Waals surface area contributed by atoms with Crippen LogP contribution in [-0.2, 0) is 9.59 Å². The second-order valence-corrected chi connectivity index (χ2v) is 7.88. The second-order valence-electron chi connectivity index (χ2n) is 7.88. The Labute approximate surface area is 168 Å². The van der Waals surface area contributed by atoms with Crippen LogP contribution in [-0.4, -0.2) is 24.9 Å². The van der Waals surface area contributed by atoms with Crippen molar-refractivity contribution >= 4 is 24.2 Å². The van der Waals surface area contributed by atoms with Gasteiger partial charge in [0.05, 0.1) is 12.1 Å². The van der Waals surface area contributed by atoms with Crippen molar-refractivity contribution in [2.24, 2.45) is 0 Å². The van der Waals surface area contributed by atoms with Gasteiger partial charge < -0.3 is 9.80 Å². The smallest absolute Gasteiger partial charge is 0.214 e. The van der Waals surface area contributed by atoms with Gasteiger partial charge in [0.15, 0.2) is 0 Å². The van der Waals surface area contributed by atoms with E-state index in [1.54, 1.807) is 0 Å². The minimum Gasteiger partial charge on any atom is -0.310 e. The molecule has 2 amide bonds. The monoisotopic (exact) mass is 378 g/mol. The highest BCUT2D eigenvalue weighted by Gasteiger charge is 2.35. The summed E-state index contributed by atoms with van der Waals surface area (Å²) >= 11 is 0. The van der Waals surface area contributed by atoms with E-state index in [0.717, 1.165) is 61.0 Å². The molecule has 28 heavy (non-hydrogen) atoms. The molecular formula is C24H30N2O2. The average molecular weight is 379 g/mol. The largest absolute Gasteiger partial charge is 0.310 e. The van der Waals surface area contributed by atoms with Gasteiger partial charge in [-0.3, -0.25) is 9.59 Å². The van der Waals surface area contributed by atoms with Gasteiger partial charge in [0.25, 0.3) is 0 Å². The first-order valence-electron chi connectivity index (χ1n) is 10.1. The number of rotatable bonds is 6. The molecule has 0 spiro atoms. The van der Waals surface area contributed by atoms with Crippen LogP contribution in [0.2, 0.25) is 0 Å². The van der Waals surface area contributed by atoms with Crippen molar-refractivity contribution in [1.29, 1.82) is 0 Å². The third-order valence-electron chi connectivity index (χ3n) is 6.34. The lowest BCUT2D eigenvalue weighted by Crippen LogP contribution is -2.53. The summed E-state index contributed by atoms with van der Waals surface area (Å²) in [5.41, 5.74) is 6.45. The zero-order chi connectivity index (χ0) is 20.3. The molecule has 0 heterocycles. The van der Waals surface area contributed by atoms with Gasteiger partial charge >= 0.3 is 0 Å². The van der Waals surface area contributed by atoms with E-state index >= 15 is 0 Å². The third kappa shape index (κ3) is 3.68. The molecule has 1 aliphatic rings. The van der Waals surface area contributed by atoms with E-state index in [1.807, 2.05) is 34.1 Å².